The highest BCUT2D eigenvalue weighted by molar-refractivity contribution is 5.30. The molecule has 1 aromatic carbocycles. The molecule has 3 fully saturated rings. The summed E-state index contributed by atoms with van der Waals surface area (Å²) in [4.78, 5) is 0. The van der Waals surface area contributed by atoms with Gasteiger partial charge in [0.15, 0.2) is 0 Å². The Morgan fingerprint density at radius 3 is 2.03 bits per heavy atom. The number of unbranched alkanes of at least 4 members (excludes halogenated alkanes) is 4. The van der Waals surface area contributed by atoms with Crippen molar-refractivity contribution in [2.75, 3.05) is 0 Å². The molecular weight excluding hydrogens is 422 g/mol. The van der Waals surface area contributed by atoms with Crippen molar-refractivity contribution in [3.63, 3.8) is 0 Å². The van der Waals surface area contributed by atoms with Gasteiger partial charge in [0.2, 0.25) is 0 Å². The Bertz CT molecular complexity index is 752. The zero-order valence-electron chi connectivity index (χ0n) is 21.7. The molecular formula is C32H48F2. The van der Waals surface area contributed by atoms with Crippen LogP contribution in [-0.4, -0.2) is 0 Å². The van der Waals surface area contributed by atoms with Crippen LogP contribution in [-0.2, 0) is 6.42 Å². The van der Waals surface area contributed by atoms with Crippen LogP contribution in [0.4, 0.5) is 8.78 Å². The summed E-state index contributed by atoms with van der Waals surface area (Å²) in [6.07, 6.45) is 23.9. The lowest BCUT2D eigenvalue weighted by Crippen LogP contribution is -2.34. The molecule has 0 aromatic heterocycles. The summed E-state index contributed by atoms with van der Waals surface area (Å²) in [6.45, 7) is 5.92. The van der Waals surface area contributed by atoms with E-state index < -0.39 is 11.6 Å². The third-order valence-electron chi connectivity index (χ3n) is 9.91. The first-order valence-electron chi connectivity index (χ1n) is 14.7. The number of rotatable bonds is 10. The van der Waals surface area contributed by atoms with Crippen LogP contribution in [0.1, 0.15) is 127 Å². The van der Waals surface area contributed by atoms with Gasteiger partial charge in [-0.25, -0.2) is 8.78 Å². The Morgan fingerprint density at radius 2 is 1.35 bits per heavy atom. The van der Waals surface area contributed by atoms with Gasteiger partial charge >= 0.3 is 0 Å². The molecule has 0 heterocycles. The second kappa shape index (κ2) is 12.7. The van der Waals surface area contributed by atoms with E-state index in [1.807, 2.05) is 0 Å². The molecule has 0 aliphatic heterocycles. The fourth-order valence-corrected chi connectivity index (χ4v) is 7.84. The third kappa shape index (κ3) is 6.52. The van der Waals surface area contributed by atoms with Crippen molar-refractivity contribution in [3.05, 3.63) is 47.5 Å². The van der Waals surface area contributed by atoms with E-state index in [0.29, 0.717) is 5.92 Å². The first kappa shape index (κ1) is 25.9. The van der Waals surface area contributed by atoms with Crippen molar-refractivity contribution in [1.29, 1.82) is 0 Å². The van der Waals surface area contributed by atoms with Crippen molar-refractivity contribution in [2.24, 2.45) is 29.6 Å². The summed E-state index contributed by atoms with van der Waals surface area (Å²) in [7, 11) is 0. The monoisotopic (exact) mass is 470 g/mol. The lowest BCUT2D eigenvalue weighted by atomic mass is 9.60. The fourth-order valence-electron chi connectivity index (χ4n) is 7.84. The molecule has 0 bridgehead atoms. The minimum absolute atomic E-state index is 0.166. The largest absolute Gasteiger partial charge is 0.207 e. The van der Waals surface area contributed by atoms with Gasteiger partial charge in [-0.2, -0.15) is 0 Å². The van der Waals surface area contributed by atoms with Crippen LogP contribution >= 0.6 is 0 Å². The van der Waals surface area contributed by atoms with Crippen LogP contribution in [0.2, 0.25) is 0 Å². The molecule has 0 radical (unpaired) electrons. The third-order valence-corrected chi connectivity index (χ3v) is 9.91. The maximum atomic E-state index is 14.5. The Morgan fingerprint density at radius 1 is 0.765 bits per heavy atom. The minimum atomic E-state index is -0.391. The Balaban J connectivity index is 1.23. The molecule has 0 spiro atoms. The number of hydrogen-bond acceptors (Lipinski definition) is 0. The predicted octanol–water partition coefficient (Wildman–Crippen LogP) is 10.2. The molecule has 34 heavy (non-hydrogen) atoms. The highest BCUT2D eigenvalue weighted by atomic mass is 19.1. The van der Waals surface area contributed by atoms with E-state index in [0.717, 1.165) is 48.0 Å². The van der Waals surface area contributed by atoms with Crippen molar-refractivity contribution < 1.29 is 8.78 Å². The molecule has 0 N–H and O–H groups in total. The van der Waals surface area contributed by atoms with Gasteiger partial charge in [0.05, 0.1) is 0 Å². The zero-order chi connectivity index (χ0) is 23.9. The summed E-state index contributed by atoms with van der Waals surface area (Å²) < 4.78 is 29.0. The molecule has 4 atom stereocenters. The van der Waals surface area contributed by atoms with Gasteiger partial charge in [0.25, 0.3) is 0 Å². The maximum absolute atomic E-state index is 14.5. The number of hydrogen-bond donors (Lipinski definition) is 0. The van der Waals surface area contributed by atoms with Gasteiger partial charge in [-0.15, -0.1) is 6.58 Å². The number of fused-ring (bicyclic) bond motifs is 1. The predicted molar refractivity (Wildman–Crippen MR) is 140 cm³/mol. The highest BCUT2D eigenvalue weighted by Gasteiger charge is 2.39. The van der Waals surface area contributed by atoms with E-state index in [1.54, 1.807) is 18.2 Å². The van der Waals surface area contributed by atoms with Gasteiger partial charge in [0.1, 0.15) is 11.6 Å². The van der Waals surface area contributed by atoms with Crippen molar-refractivity contribution >= 4 is 0 Å². The lowest BCUT2D eigenvalue weighted by molar-refractivity contribution is 0.0709. The van der Waals surface area contributed by atoms with Crippen LogP contribution in [0.5, 0.6) is 0 Å². The first-order chi connectivity index (χ1) is 16.6. The molecule has 0 nitrogen and oxygen atoms in total. The average molecular weight is 471 g/mol. The zero-order valence-corrected chi connectivity index (χ0v) is 21.7. The Hall–Kier alpha value is -1.18. The van der Waals surface area contributed by atoms with E-state index in [-0.39, 0.29) is 12.0 Å². The molecule has 0 saturated heterocycles. The van der Waals surface area contributed by atoms with Gasteiger partial charge in [-0.1, -0.05) is 64.4 Å². The van der Waals surface area contributed by atoms with Crippen LogP contribution in [0.15, 0.2) is 24.8 Å². The van der Waals surface area contributed by atoms with Crippen molar-refractivity contribution in [2.45, 2.75) is 122 Å². The molecule has 3 saturated carbocycles. The molecule has 2 heteroatoms. The number of halogens is 2. The number of benzene rings is 1. The van der Waals surface area contributed by atoms with Crippen molar-refractivity contribution in [3.8, 4) is 0 Å². The fraction of sp³-hybridized carbons (Fsp3) is 0.750. The Labute approximate surface area is 208 Å². The molecule has 0 amide bonds. The second-order valence-corrected chi connectivity index (χ2v) is 12.0. The van der Waals surface area contributed by atoms with Crippen LogP contribution in [0.25, 0.3) is 0 Å². The van der Waals surface area contributed by atoms with Gasteiger partial charge < -0.3 is 0 Å². The van der Waals surface area contributed by atoms with E-state index >= 15 is 0 Å². The molecule has 4 rings (SSSR count). The standard InChI is InChI=1S/C32H48F2/c1-3-5-6-7-8-10-23-11-13-24(14-12-23)25-15-16-27-20-28(18-17-26(27)19-25)29-21-31(33)30(9-4-2)32(34)22-29/h4,21-28H,2-3,5-20H2,1H3. The summed E-state index contributed by atoms with van der Waals surface area (Å²) in [5, 5.41) is 0. The molecule has 3 aliphatic carbocycles. The molecule has 190 valence electrons. The number of allylic oxidation sites excluding steroid dienone is 1. The summed E-state index contributed by atoms with van der Waals surface area (Å²) >= 11 is 0. The lowest BCUT2D eigenvalue weighted by Gasteiger charge is -2.45. The summed E-state index contributed by atoms with van der Waals surface area (Å²) in [5.41, 5.74) is 1.05. The smallest absolute Gasteiger partial charge is 0.129 e. The van der Waals surface area contributed by atoms with Crippen LogP contribution < -0.4 is 0 Å². The van der Waals surface area contributed by atoms with E-state index in [9.17, 15) is 8.78 Å². The SMILES string of the molecule is C=CCc1c(F)cc(C2CCC3CC(C4CCC(CCCCCCC)CC4)CCC3C2)cc1F. The topological polar surface area (TPSA) is 0 Å². The highest BCUT2D eigenvalue weighted by Crippen LogP contribution is 2.51. The van der Waals surface area contributed by atoms with Gasteiger partial charge in [0, 0.05) is 5.56 Å². The molecule has 4 unspecified atom stereocenters. The first-order valence-corrected chi connectivity index (χ1v) is 14.7. The summed E-state index contributed by atoms with van der Waals surface area (Å²) in [5.74, 6) is 4.06. The minimum Gasteiger partial charge on any atom is -0.207 e. The van der Waals surface area contributed by atoms with E-state index in [4.69, 9.17) is 0 Å². The van der Waals surface area contributed by atoms with Gasteiger partial charge in [-0.05, 0) is 111 Å². The summed E-state index contributed by atoms with van der Waals surface area (Å²) in [6, 6.07) is 3.22. The van der Waals surface area contributed by atoms with Crippen LogP contribution in [0, 0.1) is 41.2 Å². The van der Waals surface area contributed by atoms with Crippen LogP contribution in [0.3, 0.4) is 0 Å². The molecule has 3 aliphatic rings. The van der Waals surface area contributed by atoms with Gasteiger partial charge in [-0.3, -0.25) is 0 Å². The van der Waals surface area contributed by atoms with Crippen molar-refractivity contribution in [1.82, 2.24) is 0 Å². The van der Waals surface area contributed by atoms with E-state index in [2.05, 4.69) is 13.5 Å². The second-order valence-electron chi connectivity index (χ2n) is 12.0. The quantitative estimate of drug-likeness (QED) is 0.236. The normalized spacial score (nSPS) is 31.7. The molecule has 1 aromatic rings. The Kier molecular flexibility index (Phi) is 9.66. The maximum Gasteiger partial charge on any atom is 0.129 e. The average Bonchev–Trinajstić information content (AvgIpc) is 2.86. The van der Waals surface area contributed by atoms with E-state index in [1.165, 1.54) is 89.9 Å².